The van der Waals surface area contributed by atoms with E-state index in [-0.39, 0.29) is 22.0 Å². The third kappa shape index (κ3) is 3.55. The minimum absolute atomic E-state index is 0.0187. The summed E-state index contributed by atoms with van der Waals surface area (Å²) in [5, 5.41) is 13.7. The van der Waals surface area contributed by atoms with Crippen LogP contribution in [0, 0.1) is 5.41 Å². The Kier molecular flexibility index (Phi) is 5.19. The smallest absolute Gasteiger partial charge is 0.267 e. The molecule has 0 atom stereocenters. The Balaban J connectivity index is 1.94. The molecule has 0 spiro atoms. The molecule has 10 heteroatoms. The second-order valence-electron chi connectivity index (χ2n) is 6.28. The molecule has 0 bridgehead atoms. The molecule has 0 aliphatic carbocycles. The molecule has 4 heterocycles. The van der Waals surface area contributed by atoms with Crippen molar-refractivity contribution in [3.63, 3.8) is 0 Å². The van der Waals surface area contributed by atoms with Crippen LogP contribution in [-0.4, -0.2) is 38.6 Å². The molecular weight excluding hydrogens is 392 g/mol. The fraction of sp³-hybridized carbons (Fsp3) is 0.211. The number of hydrogen-bond acceptors (Lipinski definition) is 7. The minimum atomic E-state index is -0.495. The zero-order valence-corrected chi connectivity index (χ0v) is 16.4. The minimum Gasteiger partial charge on any atom is -0.385 e. The van der Waals surface area contributed by atoms with Crippen LogP contribution in [-0.2, 0) is 11.3 Å². The molecular formula is C19H18N6O3S. The Morgan fingerprint density at radius 1 is 1.38 bits per heavy atom. The molecule has 4 aromatic rings. The number of nitrogens with one attached hydrogen (secondary N) is 2. The molecule has 9 nitrogen and oxygen atoms in total. The number of pyridine rings is 2. The number of carbonyl (C=O) groups is 1. The maximum atomic E-state index is 13.1. The predicted molar refractivity (Wildman–Crippen MR) is 109 cm³/mol. The van der Waals surface area contributed by atoms with Crippen LogP contribution in [0.15, 0.2) is 46.8 Å². The van der Waals surface area contributed by atoms with Crippen LogP contribution >= 0.6 is 11.3 Å². The van der Waals surface area contributed by atoms with Crippen LogP contribution in [0.1, 0.15) is 16.8 Å². The third-order valence-corrected chi connectivity index (χ3v) is 5.13. The second kappa shape index (κ2) is 7.94. The van der Waals surface area contributed by atoms with E-state index in [1.165, 1.54) is 21.8 Å². The standard InChI is InChI=1S/C19H18N6O3S/c1-28-9-4-8-25-15(20)12(17(26)23-19-21-6-10-29-19)11-13-16(25)22-14-5-2-3-7-24(14)18(13)27/h2-3,5-7,10-11,20H,4,8-9H2,1H3,(H,21,23,26). The highest BCUT2D eigenvalue weighted by Gasteiger charge is 2.18. The van der Waals surface area contributed by atoms with Gasteiger partial charge in [-0.25, -0.2) is 9.97 Å². The lowest BCUT2D eigenvalue weighted by Gasteiger charge is -2.14. The molecule has 0 saturated heterocycles. The number of fused-ring (bicyclic) bond motifs is 2. The van der Waals surface area contributed by atoms with Crippen LogP contribution in [0.3, 0.4) is 0 Å². The van der Waals surface area contributed by atoms with Crippen LogP contribution < -0.4 is 16.4 Å². The summed E-state index contributed by atoms with van der Waals surface area (Å²) < 4.78 is 8.12. The van der Waals surface area contributed by atoms with E-state index in [1.807, 2.05) is 0 Å². The van der Waals surface area contributed by atoms with Gasteiger partial charge in [0.2, 0.25) is 0 Å². The fourth-order valence-electron chi connectivity index (χ4n) is 3.09. The Hall–Kier alpha value is -3.37. The number of carbonyl (C=O) groups excluding carboxylic acids is 1. The van der Waals surface area contributed by atoms with E-state index in [0.717, 1.165) is 0 Å². The van der Waals surface area contributed by atoms with Crippen molar-refractivity contribution in [2.75, 3.05) is 19.0 Å². The van der Waals surface area contributed by atoms with E-state index < -0.39 is 5.91 Å². The topological polar surface area (TPSA) is 114 Å². The van der Waals surface area contributed by atoms with Gasteiger partial charge in [-0.2, -0.15) is 0 Å². The average Bonchev–Trinajstić information content (AvgIpc) is 3.23. The summed E-state index contributed by atoms with van der Waals surface area (Å²) in [6.45, 7) is 0.868. The first-order valence-electron chi connectivity index (χ1n) is 8.89. The van der Waals surface area contributed by atoms with Crippen LogP contribution in [0.4, 0.5) is 5.13 Å². The largest absolute Gasteiger partial charge is 0.385 e. The number of rotatable bonds is 6. The van der Waals surface area contributed by atoms with Gasteiger partial charge in [0.25, 0.3) is 11.5 Å². The van der Waals surface area contributed by atoms with Gasteiger partial charge in [0.15, 0.2) is 5.13 Å². The van der Waals surface area contributed by atoms with E-state index in [0.29, 0.717) is 36.0 Å². The van der Waals surface area contributed by atoms with Crippen molar-refractivity contribution in [3.8, 4) is 0 Å². The van der Waals surface area contributed by atoms with Gasteiger partial charge in [-0.15, -0.1) is 11.3 Å². The zero-order valence-electron chi connectivity index (χ0n) is 15.6. The Bertz CT molecular complexity index is 1310. The Labute approximate surface area is 168 Å². The van der Waals surface area contributed by atoms with Gasteiger partial charge in [-0.3, -0.25) is 24.7 Å². The maximum Gasteiger partial charge on any atom is 0.267 e. The van der Waals surface area contributed by atoms with Crippen molar-refractivity contribution in [1.82, 2.24) is 18.9 Å². The van der Waals surface area contributed by atoms with Crippen molar-refractivity contribution in [3.05, 3.63) is 63.4 Å². The molecule has 4 aromatic heterocycles. The average molecular weight is 410 g/mol. The summed E-state index contributed by atoms with van der Waals surface area (Å²) in [5.74, 6) is -0.495. The maximum absolute atomic E-state index is 13.1. The molecule has 0 aliphatic rings. The van der Waals surface area contributed by atoms with Gasteiger partial charge in [-0.1, -0.05) is 6.07 Å². The number of thiazole rings is 1. The van der Waals surface area contributed by atoms with Crippen molar-refractivity contribution >= 4 is 39.1 Å². The lowest BCUT2D eigenvalue weighted by molar-refractivity contribution is 0.102. The fourth-order valence-corrected chi connectivity index (χ4v) is 3.62. The highest BCUT2D eigenvalue weighted by molar-refractivity contribution is 7.13. The highest BCUT2D eigenvalue weighted by atomic mass is 32.1. The Morgan fingerprint density at radius 2 is 2.24 bits per heavy atom. The summed E-state index contributed by atoms with van der Waals surface area (Å²) in [6, 6.07) is 6.69. The number of ether oxygens (including phenoxy) is 1. The molecule has 1 amide bonds. The van der Waals surface area contributed by atoms with Gasteiger partial charge >= 0.3 is 0 Å². The van der Waals surface area contributed by atoms with E-state index in [2.05, 4.69) is 15.3 Å². The molecule has 0 unspecified atom stereocenters. The SMILES string of the molecule is COCCCn1c(=N)c(C(=O)Nc2nccs2)cc2c(=O)n3ccccc3nc21. The number of amides is 1. The quantitative estimate of drug-likeness (QED) is 0.372. The van der Waals surface area contributed by atoms with E-state index in [4.69, 9.17) is 10.1 Å². The molecule has 0 fully saturated rings. The van der Waals surface area contributed by atoms with E-state index >= 15 is 0 Å². The summed E-state index contributed by atoms with van der Waals surface area (Å²) in [6.07, 6.45) is 3.81. The normalized spacial score (nSPS) is 11.2. The molecule has 0 aliphatic heterocycles. The summed E-state index contributed by atoms with van der Waals surface area (Å²) >= 11 is 1.28. The first kappa shape index (κ1) is 19.0. The van der Waals surface area contributed by atoms with Crippen LogP contribution in [0.25, 0.3) is 16.7 Å². The second-order valence-corrected chi connectivity index (χ2v) is 7.17. The van der Waals surface area contributed by atoms with E-state index in [9.17, 15) is 9.59 Å². The molecule has 0 saturated carbocycles. The van der Waals surface area contributed by atoms with Gasteiger partial charge in [0.1, 0.15) is 16.8 Å². The molecule has 0 aromatic carbocycles. The monoisotopic (exact) mass is 410 g/mol. The molecule has 2 N–H and O–H groups in total. The van der Waals surface area contributed by atoms with Gasteiger partial charge in [0, 0.05) is 38.0 Å². The van der Waals surface area contributed by atoms with Crippen LogP contribution in [0.2, 0.25) is 0 Å². The lowest BCUT2D eigenvalue weighted by Crippen LogP contribution is -2.32. The number of anilines is 1. The molecule has 29 heavy (non-hydrogen) atoms. The van der Waals surface area contributed by atoms with Gasteiger partial charge < -0.3 is 9.30 Å². The summed E-state index contributed by atoms with van der Waals surface area (Å²) in [5.41, 5.74) is 0.613. The van der Waals surface area contributed by atoms with Crippen molar-refractivity contribution < 1.29 is 9.53 Å². The van der Waals surface area contributed by atoms with Crippen molar-refractivity contribution in [2.24, 2.45) is 0 Å². The number of aromatic nitrogens is 4. The number of hydrogen-bond donors (Lipinski definition) is 2. The van der Waals surface area contributed by atoms with Gasteiger partial charge in [0.05, 0.1) is 10.9 Å². The van der Waals surface area contributed by atoms with E-state index in [1.54, 1.807) is 47.6 Å². The zero-order chi connectivity index (χ0) is 20.4. The first-order chi connectivity index (χ1) is 14.1. The molecule has 0 radical (unpaired) electrons. The van der Waals surface area contributed by atoms with Gasteiger partial charge in [-0.05, 0) is 24.6 Å². The number of nitrogens with zero attached hydrogens (tertiary/aromatic N) is 4. The van der Waals surface area contributed by atoms with Crippen molar-refractivity contribution in [1.29, 1.82) is 5.41 Å². The number of methoxy groups -OCH3 is 1. The lowest BCUT2D eigenvalue weighted by atomic mass is 10.2. The molecule has 148 valence electrons. The first-order valence-corrected chi connectivity index (χ1v) is 9.77. The number of aryl methyl sites for hydroxylation is 1. The highest BCUT2D eigenvalue weighted by Crippen LogP contribution is 2.14. The third-order valence-electron chi connectivity index (χ3n) is 4.45. The van der Waals surface area contributed by atoms with Crippen molar-refractivity contribution in [2.45, 2.75) is 13.0 Å². The summed E-state index contributed by atoms with van der Waals surface area (Å²) in [4.78, 5) is 34.5. The predicted octanol–water partition coefficient (Wildman–Crippen LogP) is 1.87. The summed E-state index contributed by atoms with van der Waals surface area (Å²) in [7, 11) is 1.60. The Morgan fingerprint density at radius 3 is 3.00 bits per heavy atom. The van der Waals surface area contributed by atoms with Crippen LogP contribution in [0.5, 0.6) is 0 Å². The molecule has 4 rings (SSSR count).